The average molecular weight is 261 g/mol. The fraction of sp³-hybridized carbons (Fsp3) is 0.438. The van der Waals surface area contributed by atoms with Gasteiger partial charge in [-0.25, -0.2) is 4.39 Å². The predicted molar refractivity (Wildman–Crippen MR) is 74.6 cm³/mol. The highest BCUT2D eigenvalue weighted by atomic mass is 19.1. The molecule has 1 aromatic carbocycles. The molecular formula is C16H20FNO. The summed E-state index contributed by atoms with van der Waals surface area (Å²) in [5.41, 5.74) is 1.28. The summed E-state index contributed by atoms with van der Waals surface area (Å²) in [7, 11) is 0. The highest BCUT2D eigenvalue weighted by molar-refractivity contribution is 5.96. The lowest BCUT2D eigenvalue weighted by Crippen LogP contribution is -2.39. The van der Waals surface area contributed by atoms with E-state index in [1.54, 1.807) is 19.1 Å². The lowest BCUT2D eigenvalue weighted by Gasteiger charge is -2.28. The zero-order valence-corrected chi connectivity index (χ0v) is 11.4. The molecule has 19 heavy (non-hydrogen) atoms. The van der Waals surface area contributed by atoms with E-state index in [4.69, 9.17) is 0 Å². The number of carbonyl (C=O) groups is 1. The van der Waals surface area contributed by atoms with Crippen molar-refractivity contribution in [1.82, 2.24) is 4.90 Å². The van der Waals surface area contributed by atoms with Gasteiger partial charge in [-0.05, 0) is 43.5 Å². The molecule has 0 atom stereocenters. The van der Waals surface area contributed by atoms with Crippen LogP contribution in [0.15, 0.2) is 30.9 Å². The maximum absolute atomic E-state index is 13.1. The Hall–Kier alpha value is -1.64. The van der Waals surface area contributed by atoms with E-state index < -0.39 is 0 Å². The average Bonchev–Trinajstić information content (AvgIpc) is 2.89. The van der Waals surface area contributed by atoms with Gasteiger partial charge in [0.25, 0.3) is 5.91 Å². The molecule has 0 aromatic heterocycles. The Morgan fingerprint density at radius 1 is 1.47 bits per heavy atom. The van der Waals surface area contributed by atoms with Crippen molar-refractivity contribution in [3.63, 3.8) is 0 Å². The van der Waals surface area contributed by atoms with Crippen molar-refractivity contribution in [2.75, 3.05) is 6.54 Å². The highest BCUT2D eigenvalue weighted by Crippen LogP contribution is 2.25. The Morgan fingerprint density at radius 2 is 2.16 bits per heavy atom. The molecule has 2 nitrogen and oxygen atoms in total. The topological polar surface area (TPSA) is 20.3 Å². The summed E-state index contributed by atoms with van der Waals surface area (Å²) in [6.45, 7) is 6.06. The molecule has 2 rings (SSSR count). The van der Waals surface area contributed by atoms with Gasteiger partial charge in [0.1, 0.15) is 5.82 Å². The molecule has 102 valence electrons. The van der Waals surface area contributed by atoms with E-state index in [1.165, 1.54) is 25.0 Å². The zero-order valence-electron chi connectivity index (χ0n) is 11.4. The smallest absolute Gasteiger partial charge is 0.254 e. The second-order valence-electron chi connectivity index (χ2n) is 5.14. The first kappa shape index (κ1) is 13.8. The van der Waals surface area contributed by atoms with Crippen molar-refractivity contribution in [2.24, 2.45) is 0 Å². The fourth-order valence-electron chi connectivity index (χ4n) is 2.77. The van der Waals surface area contributed by atoms with Crippen LogP contribution in [0.5, 0.6) is 0 Å². The molecule has 3 heteroatoms. The SMILES string of the molecule is C=CCN(C(=O)c1ccc(F)cc1C)C1CCCC1. The lowest BCUT2D eigenvalue weighted by molar-refractivity contribution is 0.0705. The van der Waals surface area contributed by atoms with Crippen molar-refractivity contribution in [2.45, 2.75) is 38.6 Å². The quantitative estimate of drug-likeness (QED) is 0.757. The summed E-state index contributed by atoms with van der Waals surface area (Å²) in [6, 6.07) is 4.64. The first-order valence-corrected chi connectivity index (χ1v) is 6.81. The van der Waals surface area contributed by atoms with E-state index in [0.29, 0.717) is 23.7 Å². The van der Waals surface area contributed by atoms with Crippen LogP contribution in [0.3, 0.4) is 0 Å². The number of rotatable bonds is 4. The second-order valence-corrected chi connectivity index (χ2v) is 5.14. The monoisotopic (exact) mass is 261 g/mol. The van der Waals surface area contributed by atoms with Crippen LogP contribution < -0.4 is 0 Å². The minimum atomic E-state index is -0.301. The Morgan fingerprint density at radius 3 is 2.74 bits per heavy atom. The first-order chi connectivity index (χ1) is 9.13. The molecule has 1 fully saturated rings. The van der Waals surface area contributed by atoms with Crippen LogP contribution in [0.25, 0.3) is 0 Å². The molecule has 0 heterocycles. The van der Waals surface area contributed by atoms with Crippen LogP contribution >= 0.6 is 0 Å². The Balaban J connectivity index is 2.25. The van der Waals surface area contributed by atoms with Crippen LogP contribution in [-0.2, 0) is 0 Å². The predicted octanol–water partition coefficient (Wildman–Crippen LogP) is 3.70. The molecule has 1 aliphatic carbocycles. The number of carbonyl (C=O) groups excluding carboxylic acids is 1. The number of nitrogens with zero attached hydrogens (tertiary/aromatic N) is 1. The van der Waals surface area contributed by atoms with Crippen molar-refractivity contribution < 1.29 is 9.18 Å². The molecule has 0 spiro atoms. The number of amides is 1. The summed E-state index contributed by atoms with van der Waals surface area (Å²) in [4.78, 5) is 14.5. The Labute approximate surface area is 113 Å². The zero-order chi connectivity index (χ0) is 13.8. The second kappa shape index (κ2) is 6.00. The number of halogens is 1. The fourth-order valence-corrected chi connectivity index (χ4v) is 2.77. The van der Waals surface area contributed by atoms with E-state index in [0.717, 1.165) is 12.8 Å². The molecule has 1 amide bonds. The van der Waals surface area contributed by atoms with Crippen LogP contribution in [-0.4, -0.2) is 23.4 Å². The standard InChI is InChI=1S/C16H20FNO/c1-3-10-18(14-6-4-5-7-14)16(19)15-9-8-13(17)11-12(15)2/h3,8-9,11,14H,1,4-7,10H2,2H3. The Bertz CT molecular complexity index is 478. The van der Waals surface area contributed by atoms with E-state index in [2.05, 4.69) is 6.58 Å². The number of hydrogen-bond acceptors (Lipinski definition) is 1. The van der Waals surface area contributed by atoms with Gasteiger partial charge in [-0.2, -0.15) is 0 Å². The van der Waals surface area contributed by atoms with Crippen LogP contribution in [0.1, 0.15) is 41.6 Å². The number of aryl methyl sites for hydroxylation is 1. The van der Waals surface area contributed by atoms with Crippen molar-refractivity contribution in [3.05, 3.63) is 47.8 Å². The van der Waals surface area contributed by atoms with E-state index >= 15 is 0 Å². The summed E-state index contributed by atoms with van der Waals surface area (Å²) >= 11 is 0. The summed E-state index contributed by atoms with van der Waals surface area (Å²) in [6.07, 6.45) is 6.22. The minimum Gasteiger partial charge on any atom is -0.332 e. The molecule has 1 saturated carbocycles. The third kappa shape index (κ3) is 3.03. The van der Waals surface area contributed by atoms with Gasteiger partial charge in [0.15, 0.2) is 0 Å². The van der Waals surface area contributed by atoms with Crippen LogP contribution in [0.2, 0.25) is 0 Å². The molecule has 1 aliphatic rings. The molecular weight excluding hydrogens is 241 g/mol. The van der Waals surface area contributed by atoms with Gasteiger partial charge in [0.05, 0.1) is 0 Å². The van der Waals surface area contributed by atoms with Gasteiger partial charge < -0.3 is 4.90 Å². The minimum absolute atomic E-state index is 0.00991. The summed E-state index contributed by atoms with van der Waals surface area (Å²) in [5, 5.41) is 0. The van der Waals surface area contributed by atoms with E-state index in [1.807, 2.05) is 4.90 Å². The van der Waals surface area contributed by atoms with Crippen LogP contribution in [0, 0.1) is 12.7 Å². The van der Waals surface area contributed by atoms with Gasteiger partial charge in [-0.15, -0.1) is 6.58 Å². The number of benzene rings is 1. The van der Waals surface area contributed by atoms with Gasteiger partial charge >= 0.3 is 0 Å². The number of hydrogen-bond donors (Lipinski definition) is 0. The largest absolute Gasteiger partial charge is 0.332 e. The van der Waals surface area contributed by atoms with Crippen molar-refractivity contribution >= 4 is 5.91 Å². The third-order valence-corrected chi connectivity index (χ3v) is 3.77. The van der Waals surface area contributed by atoms with E-state index in [9.17, 15) is 9.18 Å². The maximum atomic E-state index is 13.1. The van der Waals surface area contributed by atoms with Gasteiger partial charge in [0, 0.05) is 18.2 Å². The maximum Gasteiger partial charge on any atom is 0.254 e. The first-order valence-electron chi connectivity index (χ1n) is 6.81. The Kier molecular flexibility index (Phi) is 4.35. The van der Waals surface area contributed by atoms with Gasteiger partial charge in [-0.3, -0.25) is 4.79 Å². The van der Waals surface area contributed by atoms with E-state index in [-0.39, 0.29) is 11.7 Å². The van der Waals surface area contributed by atoms with Crippen LogP contribution in [0.4, 0.5) is 4.39 Å². The molecule has 1 aromatic rings. The van der Waals surface area contributed by atoms with Gasteiger partial charge in [0.2, 0.25) is 0 Å². The lowest BCUT2D eigenvalue weighted by atomic mass is 10.1. The molecule has 0 bridgehead atoms. The molecule has 0 unspecified atom stereocenters. The molecule has 0 aliphatic heterocycles. The highest BCUT2D eigenvalue weighted by Gasteiger charge is 2.27. The summed E-state index contributed by atoms with van der Waals surface area (Å²) in [5.74, 6) is -0.311. The van der Waals surface area contributed by atoms with Crippen molar-refractivity contribution in [1.29, 1.82) is 0 Å². The third-order valence-electron chi connectivity index (χ3n) is 3.77. The van der Waals surface area contributed by atoms with Gasteiger partial charge in [-0.1, -0.05) is 18.9 Å². The normalized spacial score (nSPS) is 15.5. The van der Waals surface area contributed by atoms with Crippen molar-refractivity contribution in [3.8, 4) is 0 Å². The molecule has 0 saturated heterocycles. The summed E-state index contributed by atoms with van der Waals surface area (Å²) < 4.78 is 13.1. The molecule has 0 radical (unpaired) electrons. The molecule has 0 N–H and O–H groups in total.